The summed E-state index contributed by atoms with van der Waals surface area (Å²) in [4.78, 5) is 4.95. The summed E-state index contributed by atoms with van der Waals surface area (Å²) < 4.78 is 0. The first kappa shape index (κ1) is 5.69. The van der Waals surface area contributed by atoms with E-state index < -0.39 is 0 Å². The van der Waals surface area contributed by atoms with Crippen LogP contribution in [0.1, 0.15) is 6.42 Å². The van der Waals surface area contributed by atoms with Crippen molar-refractivity contribution < 1.29 is 0 Å². The maximum Gasteiger partial charge on any atom is 0.0236 e. The van der Waals surface area contributed by atoms with Crippen molar-refractivity contribution in [3.63, 3.8) is 0 Å². The van der Waals surface area contributed by atoms with Gasteiger partial charge in [-0.1, -0.05) is 0 Å². The fraction of sp³-hybridized carbons (Fsp3) is 1.00. The quantitative estimate of drug-likeness (QED) is 0.451. The van der Waals surface area contributed by atoms with Crippen LogP contribution in [0.25, 0.3) is 0 Å². The first-order chi connectivity index (χ1) is 4.27. The van der Waals surface area contributed by atoms with Crippen molar-refractivity contribution in [3.05, 3.63) is 0 Å². The Labute approximate surface area is 56.4 Å². The van der Waals surface area contributed by atoms with Gasteiger partial charge in [-0.05, 0) is 20.5 Å². The zero-order chi connectivity index (χ0) is 6.43. The van der Waals surface area contributed by atoms with Crippen molar-refractivity contribution in [1.29, 1.82) is 0 Å². The van der Waals surface area contributed by atoms with Crippen LogP contribution in [0.2, 0.25) is 0 Å². The smallest absolute Gasteiger partial charge is 0.0236 e. The van der Waals surface area contributed by atoms with E-state index in [1.807, 2.05) is 0 Å². The highest BCUT2D eigenvalue weighted by Gasteiger charge is 2.38. The summed E-state index contributed by atoms with van der Waals surface area (Å²) >= 11 is 0. The number of fused-ring (bicyclic) bond motifs is 2. The third kappa shape index (κ3) is 0.700. The van der Waals surface area contributed by atoms with Crippen molar-refractivity contribution in [2.75, 3.05) is 27.2 Å². The molecule has 0 radical (unpaired) electrons. The fourth-order valence-corrected chi connectivity index (χ4v) is 2.06. The predicted octanol–water partition coefficient (Wildman–Crippen LogP) is 0.00450. The Bertz CT molecular complexity index is 106. The van der Waals surface area contributed by atoms with Gasteiger partial charge in [-0.3, -0.25) is 0 Å². The molecule has 2 fully saturated rings. The average Bonchev–Trinajstić information content (AvgIpc) is 2.24. The third-order valence-corrected chi connectivity index (χ3v) is 2.79. The minimum Gasteiger partial charge on any atom is -0.301 e. The molecule has 2 aliphatic heterocycles. The van der Waals surface area contributed by atoms with E-state index in [1.165, 1.54) is 19.5 Å². The molecule has 2 aliphatic rings. The van der Waals surface area contributed by atoms with Crippen molar-refractivity contribution in [3.8, 4) is 0 Å². The van der Waals surface area contributed by atoms with Gasteiger partial charge in [-0.25, -0.2) is 0 Å². The van der Waals surface area contributed by atoms with Gasteiger partial charge in [-0.2, -0.15) is 0 Å². The SMILES string of the molecule is CN1C[C@@H]2C[C@@H]1CN2C. The minimum absolute atomic E-state index is 0.875. The Morgan fingerprint density at radius 2 is 1.44 bits per heavy atom. The summed E-state index contributed by atoms with van der Waals surface area (Å²) in [6, 6.07) is 1.75. The molecule has 0 unspecified atom stereocenters. The molecule has 0 aliphatic carbocycles. The number of likely N-dealkylation sites (N-methyl/N-ethyl adjacent to an activating group) is 2. The van der Waals surface area contributed by atoms with Crippen LogP contribution in [0.4, 0.5) is 0 Å². The van der Waals surface area contributed by atoms with E-state index in [0.29, 0.717) is 0 Å². The summed E-state index contributed by atoms with van der Waals surface area (Å²) in [5.41, 5.74) is 0. The molecule has 2 heterocycles. The van der Waals surface area contributed by atoms with Crippen molar-refractivity contribution in [2.24, 2.45) is 0 Å². The van der Waals surface area contributed by atoms with Crippen LogP contribution in [0.3, 0.4) is 0 Å². The molecule has 2 nitrogen and oxygen atoms in total. The maximum atomic E-state index is 2.48. The first-order valence-corrected chi connectivity index (χ1v) is 3.68. The van der Waals surface area contributed by atoms with Gasteiger partial charge in [0, 0.05) is 25.2 Å². The molecule has 9 heavy (non-hydrogen) atoms. The second-order valence-electron chi connectivity index (χ2n) is 3.42. The molecule has 0 spiro atoms. The standard InChI is InChI=1S/C7H14N2/c1-8-4-7-3-6(8)5-9(7)2/h6-7H,3-5H2,1-2H3/t6-,7+. The van der Waals surface area contributed by atoms with E-state index in [9.17, 15) is 0 Å². The number of hydrogen-bond acceptors (Lipinski definition) is 2. The highest BCUT2D eigenvalue weighted by molar-refractivity contribution is 4.96. The number of likely N-dealkylation sites (tertiary alicyclic amines) is 2. The van der Waals surface area contributed by atoms with E-state index in [0.717, 1.165) is 12.1 Å². The van der Waals surface area contributed by atoms with Crippen molar-refractivity contribution in [2.45, 2.75) is 18.5 Å². The number of rotatable bonds is 0. The Morgan fingerprint density at radius 3 is 1.67 bits per heavy atom. The van der Waals surface area contributed by atoms with Gasteiger partial charge in [0.05, 0.1) is 0 Å². The van der Waals surface area contributed by atoms with E-state index in [2.05, 4.69) is 23.9 Å². The van der Waals surface area contributed by atoms with E-state index in [1.54, 1.807) is 0 Å². The number of nitrogens with zero attached hydrogens (tertiary/aromatic N) is 2. The third-order valence-electron chi connectivity index (χ3n) is 2.79. The van der Waals surface area contributed by atoms with Gasteiger partial charge in [-0.15, -0.1) is 0 Å². The van der Waals surface area contributed by atoms with Crippen molar-refractivity contribution >= 4 is 0 Å². The molecule has 0 aromatic rings. The molecule has 0 saturated carbocycles. The average molecular weight is 126 g/mol. The lowest BCUT2D eigenvalue weighted by Gasteiger charge is -2.28. The molecular weight excluding hydrogens is 112 g/mol. The summed E-state index contributed by atoms with van der Waals surface area (Å²) in [7, 11) is 4.47. The molecule has 0 amide bonds. The molecule has 2 rings (SSSR count). The molecule has 2 saturated heterocycles. The number of piperazine rings is 1. The normalized spacial score (nSPS) is 44.7. The minimum atomic E-state index is 0.875. The molecular formula is C7H14N2. The highest BCUT2D eigenvalue weighted by atomic mass is 15.3. The monoisotopic (exact) mass is 126 g/mol. The molecule has 2 atom stereocenters. The summed E-state index contributed by atoms with van der Waals surface area (Å²) in [6.45, 7) is 2.59. The largest absolute Gasteiger partial charge is 0.301 e. The Balaban J connectivity index is 2.10. The second-order valence-corrected chi connectivity index (χ2v) is 3.42. The van der Waals surface area contributed by atoms with Crippen LogP contribution in [0, 0.1) is 0 Å². The lowest BCUT2D eigenvalue weighted by molar-refractivity contribution is 0.176. The number of hydrogen-bond donors (Lipinski definition) is 0. The van der Waals surface area contributed by atoms with Crippen molar-refractivity contribution in [1.82, 2.24) is 9.80 Å². The van der Waals surface area contributed by atoms with Gasteiger partial charge in [0.25, 0.3) is 0 Å². The van der Waals surface area contributed by atoms with Crippen LogP contribution in [-0.4, -0.2) is 49.1 Å². The van der Waals surface area contributed by atoms with E-state index in [4.69, 9.17) is 0 Å². The summed E-state index contributed by atoms with van der Waals surface area (Å²) in [6.07, 6.45) is 1.41. The second kappa shape index (κ2) is 1.70. The van der Waals surface area contributed by atoms with Gasteiger partial charge < -0.3 is 9.80 Å². The van der Waals surface area contributed by atoms with Crippen LogP contribution >= 0.6 is 0 Å². The predicted molar refractivity (Wildman–Crippen MR) is 37.5 cm³/mol. The van der Waals surface area contributed by atoms with Gasteiger partial charge in [0.1, 0.15) is 0 Å². The zero-order valence-corrected chi connectivity index (χ0v) is 6.17. The highest BCUT2D eigenvalue weighted by Crippen LogP contribution is 2.27. The van der Waals surface area contributed by atoms with Gasteiger partial charge in [0.15, 0.2) is 0 Å². The van der Waals surface area contributed by atoms with E-state index in [-0.39, 0.29) is 0 Å². The van der Waals surface area contributed by atoms with Gasteiger partial charge in [0.2, 0.25) is 0 Å². The zero-order valence-electron chi connectivity index (χ0n) is 6.17. The Kier molecular flexibility index (Phi) is 1.08. The molecule has 0 N–H and O–H groups in total. The fourth-order valence-electron chi connectivity index (χ4n) is 2.06. The lowest BCUT2D eigenvalue weighted by Crippen LogP contribution is -2.42. The Morgan fingerprint density at radius 1 is 1.00 bits per heavy atom. The van der Waals surface area contributed by atoms with Crippen LogP contribution in [-0.2, 0) is 0 Å². The van der Waals surface area contributed by atoms with Gasteiger partial charge >= 0.3 is 0 Å². The molecule has 0 aromatic carbocycles. The molecule has 2 bridgehead atoms. The van der Waals surface area contributed by atoms with Crippen LogP contribution in [0.5, 0.6) is 0 Å². The first-order valence-electron chi connectivity index (χ1n) is 3.68. The van der Waals surface area contributed by atoms with Crippen LogP contribution in [0.15, 0.2) is 0 Å². The summed E-state index contributed by atoms with van der Waals surface area (Å²) in [5, 5.41) is 0. The topological polar surface area (TPSA) is 6.48 Å². The maximum absolute atomic E-state index is 2.48. The summed E-state index contributed by atoms with van der Waals surface area (Å²) in [5.74, 6) is 0. The van der Waals surface area contributed by atoms with Crippen LogP contribution < -0.4 is 0 Å². The van der Waals surface area contributed by atoms with E-state index >= 15 is 0 Å². The molecule has 52 valence electrons. The lowest BCUT2D eigenvalue weighted by atomic mass is 10.2. The molecule has 0 aromatic heterocycles. The Hall–Kier alpha value is -0.0800. The molecule has 2 heteroatoms.